The third kappa shape index (κ3) is 5.16. The molecule has 0 fully saturated rings. The van der Waals surface area contributed by atoms with Gasteiger partial charge < -0.3 is 0 Å². The van der Waals surface area contributed by atoms with Gasteiger partial charge in [-0.2, -0.15) is 4.31 Å². The maximum atomic E-state index is 12.9. The Bertz CT molecular complexity index is 876. The first-order chi connectivity index (χ1) is 11.7. The van der Waals surface area contributed by atoms with Crippen molar-refractivity contribution in [3.05, 3.63) is 62.5 Å². The third-order valence-corrected chi connectivity index (χ3v) is 6.22. The highest BCUT2D eigenvalue weighted by atomic mass is 79.9. The van der Waals surface area contributed by atoms with Gasteiger partial charge in [0.25, 0.3) is 0 Å². The number of hydrogen-bond donors (Lipinski definition) is 2. The van der Waals surface area contributed by atoms with E-state index in [2.05, 4.69) is 15.9 Å². The molecule has 0 aliphatic heterocycles. The lowest BCUT2D eigenvalue weighted by Crippen LogP contribution is -2.42. The summed E-state index contributed by atoms with van der Waals surface area (Å²) in [5.41, 5.74) is 2.44. The summed E-state index contributed by atoms with van der Waals surface area (Å²) in [7, 11) is -3.94. The molecule has 1 amide bonds. The molecule has 2 aromatic rings. The molecule has 2 aromatic carbocycles. The lowest BCUT2D eigenvalue weighted by atomic mass is 10.2. The molecule has 25 heavy (non-hydrogen) atoms. The Labute approximate surface area is 164 Å². The zero-order valence-corrected chi connectivity index (χ0v) is 16.7. The standard InChI is InChI=1S/C15H14BrCl2N3O3S/c16-11-2-5-13(6-3-11)25(23,24)21(9-15(22)20-19)8-10-1-4-12(17)7-14(10)18/h1-7H,8-9,19H2,(H,20,22). The van der Waals surface area contributed by atoms with Crippen molar-refractivity contribution in [2.45, 2.75) is 11.4 Å². The van der Waals surface area contributed by atoms with E-state index in [9.17, 15) is 13.2 Å². The molecule has 10 heteroatoms. The number of carbonyl (C=O) groups excluding carboxylic acids is 1. The lowest BCUT2D eigenvalue weighted by Gasteiger charge is -2.22. The number of carbonyl (C=O) groups is 1. The molecule has 0 saturated heterocycles. The van der Waals surface area contributed by atoms with Crippen molar-refractivity contribution in [2.24, 2.45) is 5.84 Å². The van der Waals surface area contributed by atoms with E-state index < -0.39 is 22.5 Å². The van der Waals surface area contributed by atoms with Gasteiger partial charge in [0.1, 0.15) is 0 Å². The van der Waals surface area contributed by atoms with Crippen LogP contribution in [0.1, 0.15) is 5.56 Å². The van der Waals surface area contributed by atoms with Gasteiger partial charge >= 0.3 is 0 Å². The summed E-state index contributed by atoms with van der Waals surface area (Å²) < 4.78 is 27.5. The molecule has 0 bridgehead atoms. The van der Waals surface area contributed by atoms with Gasteiger partial charge in [0.05, 0.1) is 11.4 Å². The predicted octanol–water partition coefficient (Wildman–Crippen LogP) is 2.94. The molecule has 3 N–H and O–H groups in total. The van der Waals surface area contributed by atoms with E-state index >= 15 is 0 Å². The second-order valence-electron chi connectivity index (χ2n) is 5.03. The second kappa shape index (κ2) is 8.48. The Morgan fingerprint density at radius 2 is 1.80 bits per heavy atom. The minimum Gasteiger partial charge on any atom is -0.293 e. The van der Waals surface area contributed by atoms with Crippen LogP contribution in [-0.2, 0) is 21.4 Å². The maximum Gasteiger partial charge on any atom is 0.249 e. The van der Waals surface area contributed by atoms with Gasteiger partial charge in [-0.25, -0.2) is 14.3 Å². The number of rotatable bonds is 6. The molecular weight excluding hydrogens is 453 g/mol. The van der Waals surface area contributed by atoms with Crippen molar-refractivity contribution in [2.75, 3.05) is 6.54 Å². The molecule has 0 aliphatic rings. The van der Waals surface area contributed by atoms with E-state index in [-0.39, 0.29) is 11.4 Å². The smallest absolute Gasteiger partial charge is 0.249 e. The highest BCUT2D eigenvalue weighted by molar-refractivity contribution is 9.10. The van der Waals surface area contributed by atoms with Gasteiger partial charge in [-0.05, 0) is 42.0 Å². The summed E-state index contributed by atoms with van der Waals surface area (Å²) >= 11 is 15.2. The zero-order chi connectivity index (χ0) is 18.6. The van der Waals surface area contributed by atoms with E-state index in [1.165, 1.54) is 18.2 Å². The second-order valence-corrected chi connectivity index (χ2v) is 8.73. The molecule has 0 aliphatic carbocycles. The van der Waals surface area contributed by atoms with Crippen LogP contribution >= 0.6 is 39.1 Å². The Kier molecular flexibility index (Phi) is 6.84. The fourth-order valence-corrected chi connectivity index (χ4v) is 4.13. The van der Waals surface area contributed by atoms with E-state index in [1.807, 2.05) is 5.43 Å². The number of nitrogens with two attached hydrogens (primary N) is 1. The summed E-state index contributed by atoms with van der Waals surface area (Å²) in [6.07, 6.45) is 0. The number of nitrogens with one attached hydrogen (secondary N) is 1. The van der Waals surface area contributed by atoms with Crippen molar-refractivity contribution >= 4 is 55.1 Å². The summed E-state index contributed by atoms with van der Waals surface area (Å²) in [6, 6.07) is 10.8. The molecular formula is C15H14BrCl2N3O3S. The van der Waals surface area contributed by atoms with Crippen LogP contribution < -0.4 is 11.3 Å². The summed E-state index contributed by atoms with van der Waals surface area (Å²) in [5.74, 6) is 4.45. The third-order valence-electron chi connectivity index (χ3n) is 3.29. The van der Waals surface area contributed by atoms with Crippen LogP contribution in [0, 0.1) is 0 Å². The first-order valence-electron chi connectivity index (χ1n) is 6.93. The van der Waals surface area contributed by atoms with E-state index in [0.29, 0.717) is 15.6 Å². The van der Waals surface area contributed by atoms with Gasteiger partial charge in [0.15, 0.2) is 0 Å². The average Bonchev–Trinajstić information content (AvgIpc) is 2.56. The number of amides is 1. The number of hydrazine groups is 1. The van der Waals surface area contributed by atoms with Crippen molar-refractivity contribution in [1.29, 1.82) is 0 Å². The molecule has 6 nitrogen and oxygen atoms in total. The fraction of sp³-hybridized carbons (Fsp3) is 0.133. The average molecular weight is 467 g/mol. The molecule has 0 unspecified atom stereocenters. The van der Waals surface area contributed by atoms with Crippen LogP contribution in [0.3, 0.4) is 0 Å². The predicted molar refractivity (Wildman–Crippen MR) is 101 cm³/mol. The molecule has 0 spiro atoms. The summed E-state index contributed by atoms with van der Waals surface area (Å²) in [5, 5.41) is 0.729. The molecule has 0 saturated carbocycles. The topological polar surface area (TPSA) is 92.5 Å². The maximum absolute atomic E-state index is 12.9. The van der Waals surface area contributed by atoms with Gasteiger partial charge in [0.2, 0.25) is 15.9 Å². The van der Waals surface area contributed by atoms with E-state index in [4.69, 9.17) is 29.0 Å². The van der Waals surface area contributed by atoms with Crippen molar-refractivity contribution in [3.8, 4) is 0 Å². The lowest BCUT2D eigenvalue weighted by molar-refractivity contribution is -0.121. The molecule has 0 radical (unpaired) electrons. The Hall–Kier alpha value is -1.16. The molecule has 0 aromatic heterocycles. The Morgan fingerprint density at radius 3 is 2.36 bits per heavy atom. The number of sulfonamides is 1. The first-order valence-corrected chi connectivity index (χ1v) is 9.92. The van der Waals surface area contributed by atoms with Crippen LogP contribution in [-0.4, -0.2) is 25.2 Å². The van der Waals surface area contributed by atoms with Crippen LogP contribution in [0.25, 0.3) is 0 Å². The van der Waals surface area contributed by atoms with Gasteiger partial charge in [-0.1, -0.05) is 45.2 Å². The monoisotopic (exact) mass is 465 g/mol. The number of benzene rings is 2. The van der Waals surface area contributed by atoms with Crippen LogP contribution in [0.2, 0.25) is 10.0 Å². The number of hydrogen-bond acceptors (Lipinski definition) is 4. The SMILES string of the molecule is NNC(=O)CN(Cc1ccc(Cl)cc1Cl)S(=O)(=O)c1ccc(Br)cc1. The molecule has 0 heterocycles. The van der Waals surface area contributed by atoms with Gasteiger partial charge in [-0.3, -0.25) is 10.2 Å². The largest absolute Gasteiger partial charge is 0.293 e. The minimum atomic E-state index is -3.94. The van der Waals surface area contributed by atoms with Gasteiger partial charge in [0, 0.05) is 21.1 Å². The number of nitrogens with zero attached hydrogens (tertiary/aromatic N) is 1. The first kappa shape index (κ1) is 20.2. The zero-order valence-electron chi connectivity index (χ0n) is 12.7. The van der Waals surface area contributed by atoms with Crippen LogP contribution in [0.15, 0.2) is 51.8 Å². The van der Waals surface area contributed by atoms with Crippen molar-refractivity contribution < 1.29 is 13.2 Å². The Balaban J connectivity index is 2.40. The highest BCUT2D eigenvalue weighted by Crippen LogP contribution is 2.25. The van der Waals surface area contributed by atoms with E-state index in [1.54, 1.807) is 24.3 Å². The normalized spacial score (nSPS) is 11.6. The fourth-order valence-electron chi connectivity index (χ4n) is 2.03. The molecule has 2 rings (SSSR count). The quantitative estimate of drug-likeness (QED) is 0.389. The van der Waals surface area contributed by atoms with E-state index in [0.717, 1.165) is 8.78 Å². The molecule has 0 atom stereocenters. The molecule has 134 valence electrons. The minimum absolute atomic E-state index is 0.0469. The summed E-state index contributed by atoms with van der Waals surface area (Å²) in [4.78, 5) is 11.7. The Morgan fingerprint density at radius 1 is 1.16 bits per heavy atom. The van der Waals surface area contributed by atoms with Crippen molar-refractivity contribution in [3.63, 3.8) is 0 Å². The highest BCUT2D eigenvalue weighted by Gasteiger charge is 2.27. The van der Waals surface area contributed by atoms with Crippen LogP contribution in [0.4, 0.5) is 0 Å². The van der Waals surface area contributed by atoms with Crippen molar-refractivity contribution in [1.82, 2.24) is 9.73 Å². The summed E-state index contributed by atoms with van der Waals surface area (Å²) in [6.45, 7) is -0.560. The van der Waals surface area contributed by atoms with Gasteiger partial charge in [-0.15, -0.1) is 0 Å². The van der Waals surface area contributed by atoms with Crippen LogP contribution in [0.5, 0.6) is 0 Å². The number of halogens is 3.